The summed E-state index contributed by atoms with van der Waals surface area (Å²) < 4.78 is 0. The van der Waals surface area contributed by atoms with Gasteiger partial charge in [-0.25, -0.2) is 0 Å². The number of amides is 1. The third kappa shape index (κ3) is 7.13. The number of nitrogens with one attached hydrogen (secondary N) is 1. The van der Waals surface area contributed by atoms with Gasteiger partial charge in [0.1, 0.15) is 0 Å². The Morgan fingerprint density at radius 1 is 0.463 bits per heavy atom. The van der Waals surface area contributed by atoms with Gasteiger partial charge in [-0.2, -0.15) is 0 Å². The highest BCUT2D eigenvalue weighted by Crippen LogP contribution is 2.58. The van der Waals surface area contributed by atoms with Gasteiger partial charge >= 0.3 is 0 Å². The number of benzene rings is 3. The Morgan fingerprint density at radius 3 is 0.976 bits per heavy atom. The van der Waals surface area contributed by atoms with E-state index in [1.807, 2.05) is 20.8 Å². The summed E-state index contributed by atoms with van der Waals surface area (Å²) in [6, 6.07) is 0. The van der Waals surface area contributed by atoms with E-state index in [0.29, 0.717) is 0 Å². The van der Waals surface area contributed by atoms with Gasteiger partial charge in [0.25, 0.3) is 0 Å². The predicted octanol–water partition coefficient (Wildman–Crippen LogP) is 15.2. The molecular formula is C25H12Cl14NO. The summed E-state index contributed by atoms with van der Waals surface area (Å²) in [6.45, 7) is 5.64. The topological polar surface area (TPSA) is 29.1 Å². The van der Waals surface area contributed by atoms with E-state index in [2.05, 4.69) is 5.32 Å². The van der Waals surface area contributed by atoms with Crippen molar-refractivity contribution in [3.63, 3.8) is 0 Å². The van der Waals surface area contributed by atoms with Crippen LogP contribution in [0.4, 0.5) is 5.69 Å². The van der Waals surface area contributed by atoms with Crippen molar-refractivity contribution in [3.8, 4) is 0 Å². The summed E-state index contributed by atoms with van der Waals surface area (Å²) in [5, 5.41) is 0.0757. The summed E-state index contributed by atoms with van der Waals surface area (Å²) in [4.78, 5) is 12.7. The highest BCUT2D eigenvalue weighted by molar-refractivity contribution is 6.58. The molecule has 0 bridgehead atoms. The first-order chi connectivity index (χ1) is 18.7. The predicted molar refractivity (Wildman–Crippen MR) is 183 cm³/mol. The van der Waals surface area contributed by atoms with Gasteiger partial charge in [0.2, 0.25) is 5.91 Å². The van der Waals surface area contributed by atoms with Crippen LogP contribution in [0.3, 0.4) is 0 Å². The average Bonchev–Trinajstić information content (AvgIpc) is 2.88. The molecule has 221 valence electrons. The Kier molecular flexibility index (Phi) is 12.4. The van der Waals surface area contributed by atoms with Crippen LogP contribution in [-0.4, -0.2) is 5.91 Å². The Balaban J connectivity index is 2.52. The molecule has 1 radical (unpaired) electrons. The van der Waals surface area contributed by atoms with Crippen LogP contribution >= 0.6 is 162 Å². The smallest absolute Gasteiger partial charge is 0.224 e. The largest absolute Gasteiger partial charge is 0.323 e. The number of halogens is 14. The molecule has 0 aromatic heterocycles. The minimum atomic E-state index is -0.393. The molecule has 0 saturated carbocycles. The van der Waals surface area contributed by atoms with Crippen LogP contribution in [0, 0.1) is 11.3 Å². The lowest BCUT2D eigenvalue weighted by atomic mass is 9.84. The Hall–Kier alpha value is 1.19. The number of rotatable bonds is 5. The minimum Gasteiger partial charge on any atom is -0.323 e. The van der Waals surface area contributed by atoms with Crippen LogP contribution in [0.2, 0.25) is 70.3 Å². The van der Waals surface area contributed by atoms with Gasteiger partial charge in [-0.3, -0.25) is 4.79 Å². The standard InChI is InChI=1S/C25H12Cl14NO/c1-25(2,3)4-5(41)40-24-22(38)14(30)9(15(31)23(24)39)6(7-10(26)16(32)20(36)17(33)11(7)27)8-12(28)18(34)21(37)19(35)13(8)29/h4H2,1-3H3,(H,40,41). The molecule has 2 nitrogen and oxygen atoms in total. The van der Waals surface area contributed by atoms with Crippen molar-refractivity contribution < 1.29 is 4.79 Å². The maximum Gasteiger partial charge on any atom is 0.224 e. The van der Waals surface area contributed by atoms with Crippen LogP contribution in [-0.2, 0) is 4.79 Å². The molecule has 0 aliphatic heterocycles. The summed E-state index contributed by atoms with van der Waals surface area (Å²) in [5.74, 6) is -0.475. The monoisotopic (exact) mass is 832 g/mol. The highest BCUT2D eigenvalue weighted by atomic mass is 35.5. The van der Waals surface area contributed by atoms with E-state index in [4.69, 9.17) is 162 Å². The van der Waals surface area contributed by atoms with Crippen molar-refractivity contribution in [3.05, 3.63) is 92.9 Å². The first-order valence-corrected chi connectivity index (χ1v) is 16.1. The van der Waals surface area contributed by atoms with E-state index >= 15 is 0 Å². The molecule has 1 N–H and O–H groups in total. The lowest BCUT2D eigenvalue weighted by Gasteiger charge is -2.28. The second-order valence-corrected chi connectivity index (χ2v) is 14.8. The van der Waals surface area contributed by atoms with Gasteiger partial charge < -0.3 is 5.32 Å². The molecule has 0 aliphatic carbocycles. The van der Waals surface area contributed by atoms with Crippen LogP contribution in [0.25, 0.3) is 0 Å². The molecule has 0 fully saturated rings. The Morgan fingerprint density at radius 2 is 0.707 bits per heavy atom. The summed E-state index contributed by atoms with van der Waals surface area (Å²) in [7, 11) is 0. The molecule has 41 heavy (non-hydrogen) atoms. The van der Waals surface area contributed by atoms with E-state index < -0.39 is 5.91 Å². The van der Waals surface area contributed by atoms with Gasteiger partial charge in [0.15, 0.2) is 0 Å². The van der Waals surface area contributed by atoms with Gasteiger partial charge in [-0.05, 0) is 5.41 Å². The molecule has 3 rings (SSSR count). The number of carbonyl (C=O) groups is 1. The van der Waals surface area contributed by atoms with Crippen molar-refractivity contribution in [1.82, 2.24) is 0 Å². The normalized spacial score (nSPS) is 12.0. The number of carbonyl (C=O) groups excluding carboxylic acids is 1. The van der Waals surface area contributed by atoms with Gasteiger partial charge in [-0.15, -0.1) is 0 Å². The van der Waals surface area contributed by atoms with E-state index in [0.717, 1.165) is 0 Å². The molecule has 0 spiro atoms. The maximum absolute atomic E-state index is 12.7. The molecule has 0 aliphatic rings. The van der Waals surface area contributed by atoms with Crippen molar-refractivity contribution >= 4 is 174 Å². The highest BCUT2D eigenvalue weighted by Gasteiger charge is 2.38. The second-order valence-electron chi connectivity index (χ2n) is 9.56. The fraction of sp³-hybridized carbons (Fsp3) is 0.200. The second kappa shape index (κ2) is 13.9. The molecule has 16 heteroatoms. The van der Waals surface area contributed by atoms with E-state index in [-0.39, 0.29) is 110 Å². The van der Waals surface area contributed by atoms with Crippen LogP contribution < -0.4 is 5.32 Å². The zero-order chi connectivity index (χ0) is 31.5. The molecule has 1 amide bonds. The lowest BCUT2D eigenvalue weighted by molar-refractivity contribution is -0.117. The van der Waals surface area contributed by atoms with Crippen molar-refractivity contribution in [2.75, 3.05) is 5.32 Å². The average molecular weight is 839 g/mol. The van der Waals surface area contributed by atoms with E-state index in [1.54, 1.807) is 0 Å². The Bertz CT molecular complexity index is 1440. The fourth-order valence-electron chi connectivity index (χ4n) is 3.65. The van der Waals surface area contributed by atoms with Gasteiger partial charge in [0, 0.05) is 23.1 Å². The third-order valence-corrected chi connectivity index (χ3v) is 11.6. The van der Waals surface area contributed by atoms with Crippen LogP contribution in [0.15, 0.2) is 0 Å². The maximum atomic E-state index is 12.7. The fourth-order valence-corrected chi connectivity index (χ4v) is 7.44. The molecule has 3 aromatic carbocycles. The molecule has 0 unspecified atom stereocenters. The van der Waals surface area contributed by atoms with Crippen molar-refractivity contribution in [2.24, 2.45) is 5.41 Å². The first-order valence-electron chi connectivity index (χ1n) is 10.8. The zero-order valence-electron chi connectivity index (χ0n) is 20.4. The quantitative estimate of drug-likeness (QED) is 0.155. The van der Waals surface area contributed by atoms with Crippen molar-refractivity contribution in [1.29, 1.82) is 0 Å². The minimum absolute atomic E-state index is 0.0468. The molecule has 0 saturated heterocycles. The summed E-state index contributed by atoms with van der Waals surface area (Å²) in [6.07, 6.45) is 0.133. The van der Waals surface area contributed by atoms with E-state index in [9.17, 15) is 4.79 Å². The van der Waals surface area contributed by atoms with E-state index in [1.165, 1.54) is 0 Å². The molecule has 3 aromatic rings. The molecular weight excluding hydrogens is 827 g/mol. The van der Waals surface area contributed by atoms with Crippen LogP contribution in [0.1, 0.15) is 43.9 Å². The molecule has 0 atom stereocenters. The van der Waals surface area contributed by atoms with Crippen molar-refractivity contribution in [2.45, 2.75) is 27.2 Å². The van der Waals surface area contributed by atoms with Crippen LogP contribution in [0.5, 0.6) is 0 Å². The number of hydrogen-bond donors (Lipinski definition) is 1. The van der Waals surface area contributed by atoms with Gasteiger partial charge in [0.05, 0.1) is 81.9 Å². The first kappa shape index (κ1) is 36.7. The number of hydrogen-bond acceptors (Lipinski definition) is 1. The third-order valence-electron chi connectivity index (χ3n) is 5.39. The number of anilines is 1. The lowest BCUT2D eigenvalue weighted by Crippen LogP contribution is -2.20. The Labute approximate surface area is 306 Å². The zero-order valence-corrected chi connectivity index (χ0v) is 31.0. The molecule has 0 heterocycles. The van der Waals surface area contributed by atoms with Gasteiger partial charge in [-0.1, -0.05) is 183 Å². The summed E-state index contributed by atoms with van der Waals surface area (Å²) in [5.41, 5.74) is -0.639. The SMILES string of the molecule is CC(C)(C)CC(=O)Nc1c(Cl)c(Cl)c([C](c2c(Cl)c(Cl)c(Cl)c(Cl)c2Cl)c2c(Cl)c(Cl)c(Cl)c(Cl)c2Cl)c(Cl)c1Cl. The summed E-state index contributed by atoms with van der Waals surface area (Å²) >= 11 is 91.7.